The highest BCUT2D eigenvalue weighted by Crippen LogP contribution is 2.38. The minimum Gasteiger partial charge on any atom is -0.465 e. The van der Waals surface area contributed by atoms with Crippen molar-refractivity contribution in [2.75, 3.05) is 50.1 Å². The first-order chi connectivity index (χ1) is 14.2. The van der Waals surface area contributed by atoms with Gasteiger partial charge in [0.2, 0.25) is 11.9 Å². The number of carbonyl (C=O) groups excluding carboxylic acids is 2. The van der Waals surface area contributed by atoms with Crippen molar-refractivity contribution in [1.29, 1.82) is 0 Å². The Morgan fingerprint density at radius 1 is 1.14 bits per heavy atom. The molecule has 1 aliphatic carbocycles. The molecule has 9 heteroatoms. The standard InChI is InChI=1S/C20H25N5O3S/c1-28-19(27)17-14-5-2-3-6-15(14)29-18(17)23-16(26)13-24-9-11-25(12-10-24)20-21-7-4-8-22-20/h4,7-8H,2-3,5-6,9-13H2,1H3,(H,23,26). The molecule has 1 saturated heterocycles. The molecule has 0 radical (unpaired) electrons. The smallest absolute Gasteiger partial charge is 0.341 e. The van der Waals surface area contributed by atoms with Gasteiger partial charge in [-0.3, -0.25) is 9.69 Å². The Labute approximate surface area is 173 Å². The molecule has 0 unspecified atom stereocenters. The van der Waals surface area contributed by atoms with E-state index in [1.54, 1.807) is 18.5 Å². The predicted octanol–water partition coefficient (Wildman–Crippen LogP) is 1.96. The van der Waals surface area contributed by atoms with E-state index in [1.165, 1.54) is 23.3 Å². The van der Waals surface area contributed by atoms with Gasteiger partial charge in [-0.1, -0.05) is 0 Å². The lowest BCUT2D eigenvalue weighted by molar-refractivity contribution is -0.117. The van der Waals surface area contributed by atoms with E-state index in [1.807, 2.05) is 0 Å². The third-order valence-electron chi connectivity index (χ3n) is 5.39. The molecule has 4 rings (SSSR count). The third kappa shape index (κ3) is 4.40. The number of amides is 1. The van der Waals surface area contributed by atoms with E-state index >= 15 is 0 Å². The molecule has 2 aromatic heterocycles. The number of piperazine rings is 1. The first kappa shape index (κ1) is 19.8. The van der Waals surface area contributed by atoms with Gasteiger partial charge in [0.05, 0.1) is 19.2 Å². The van der Waals surface area contributed by atoms with Gasteiger partial charge in [0.15, 0.2) is 0 Å². The molecular weight excluding hydrogens is 390 g/mol. The summed E-state index contributed by atoms with van der Waals surface area (Å²) in [5, 5.41) is 3.60. The molecule has 2 aromatic rings. The highest BCUT2D eigenvalue weighted by atomic mass is 32.1. The topological polar surface area (TPSA) is 87.7 Å². The monoisotopic (exact) mass is 415 g/mol. The summed E-state index contributed by atoms with van der Waals surface area (Å²) in [4.78, 5) is 39.0. The highest BCUT2D eigenvalue weighted by Gasteiger charge is 2.27. The minimum absolute atomic E-state index is 0.0989. The Kier molecular flexibility index (Phi) is 6.05. The van der Waals surface area contributed by atoms with Gasteiger partial charge in [0, 0.05) is 43.4 Å². The SMILES string of the molecule is COC(=O)c1c(NC(=O)CN2CCN(c3ncccn3)CC2)sc2c1CCCC2. The van der Waals surface area contributed by atoms with E-state index in [-0.39, 0.29) is 11.9 Å². The zero-order valence-electron chi connectivity index (χ0n) is 16.5. The van der Waals surface area contributed by atoms with Crippen LogP contribution in [0.2, 0.25) is 0 Å². The lowest BCUT2D eigenvalue weighted by Gasteiger charge is -2.34. The number of aryl methyl sites for hydroxylation is 1. The number of anilines is 2. The Hall–Kier alpha value is -2.52. The second-order valence-electron chi connectivity index (χ2n) is 7.27. The average Bonchev–Trinajstić information content (AvgIpc) is 3.12. The van der Waals surface area contributed by atoms with Gasteiger partial charge in [-0.2, -0.15) is 0 Å². The number of hydrogen-bond donors (Lipinski definition) is 1. The van der Waals surface area contributed by atoms with Crippen LogP contribution in [0.4, 0.5) is 10.9 Å². The number of carbonyl (C=O) groups is 2. The molecular formula is C20H25N5O3S. The summed E-state index contributed by atoms with van der Waals surface area (Å²) in [5.41, 5.74) is 1.60. The van der Waals surface area contributed by atoms with E-state index < -0.39 is 0 Å². The van der Waals surface area contributed by atoms with E-state index in [9.17, 15) is 9.59 Å². The second kappa shape index (κ2) is 8.87. The van der Waals surface area contributed by atoms with Crippen LogP contribution in [0.1, 0.15) is 33.6 Å². The molecule has 1 N–H and O–H groups in total. The molecule has 0 atom stereocenters. The van der Waals surface area contributed by atoms with Crippen LogP contribution in [-0.4, -0.2) is 66.6 Å². The maximum Gasteiger partial charge on any atom is 0.341 e. The number of rotatable bonds is 5. The maximum absolute atomic E-state index is 12.7. The zero-order chi connectivity index (χ0) is 20.2. The van der Waals surface area contributed by atoms with E-state index in [0.717, 1.165) is 63.4 Å². The maximum atomic E-state index is 12.7. The van der Waals surface area contributed by atoms with Crippen LogP contribution in [0.15, 0.2) is 18.5 Å². The van der Waals surface area contributed by atoms with Crippen LogP contribution in [0.25, 0.3) is 0 Å². The van der Waals surface area contributed by atoms with E-state index in [4.69, 9.17) is 4.74 Å². The van der Waals surface area contributed by atoms with Crippen molar-refractivity contribution in [1.82, 2.24) is 14.9 Å². The predicted molar refractivity (Wildman–Crippen MR) is 112 cm³/mol. The average molecular weight is 416 g/mol. The summed E-state index contributed by atoms with van der Waals surface area (Å²) in [6.45, 7) is 3.37. The molecule has 154 valence electrons. The van der Waals surface area contributed by atoms with Gasteiger partial charge in [-0.05, 0) is 37.3 Å². The molecule has 1 fully saturated rings. The largest absolute Gasteiger partial charge is 0.465 e. The lowest BCUT2D eigenvalue weighted by Crippen LogP contribution is -2.49. The molecule has 0 bridgehead atoms. The number of nitrogens with one attached hydrogen (secondary N) is 1. The van der Waals surface area contributed by atoms with Crippen LogP contribution in [0.5, 0.6) is 0 Å². The Balaban J connectivity index is 1.37. The van der Waals surface area contributed by atoms with Crippen molar-refractivity contribution in [2.24, 2.45) is 0 Å². The van der Waals surface area contributed by atoms with Crippen molar-refractivity contribution in [3.8, 4) is 0 Å². The number of aromatic nitrogens is 2. The summed E-state index contributed by atoms with van der Waals surface area (Å²) in [7, 11) is 1.39. The fourth-order valence-electron chi connectivity index (χ4n) is 3.90. The van der Waals surface area contributed by atoms with Gasteiger partial charge in [-0.15, -0.1) is 11.3 Å². The molecule has 1 amide bonds. The van der Waals surface area contributed by atoms with Gasteiger partial charge < -0.3 is 15.0 Å². The summed E-state index contributed by atoms with van der Waals surface area (Å²) in [6, 6.07) is 1.80. The van der Waals surface area contributed by atoms with Crippen LogP contribution in [0, 0.1) is 0 Å². The van der Waals surface area contributed by atoms with E-state index in [2.05, 4.69) is 25.1 Å². The molecule has 2 aliphatic rings. The number of nitrogens with zero attached hydrogens (tertiary/aromatic N) is 4. The zero-order valence-corrected chi connectivity index (χ0v) is 17.3. The van der Waals surface area contributed by atoms with Gasteiger partial charge in [-0.25, -0.2) is 14.8 Å². The summed E-state index contributed by atoms with van der Waals surface area (Å²) in [5.74, 6) is 0.262. The van der Waals surface area contributed by atoms with Crippen molar-refractivity contribution >= 4 is 34.2 Å². The minimum atomic E-state index is -0.365. The van der Waals surface area contributed by atoms with Crippen LogP contribution >= 0.6 is 11.3 Å². The second-order valence-corrected chi connectivity index (χ2v) is 8.37. The Morgan fingerprint density at radius 3 is 2.59 bits per heavy atom. The molecule has 0 saturated carbocycles. The Bertz CT molecular complexity index is 878. The first-order valence-corrected chi connectivity index (χ1v) is 10.7. The molecule has 29 heavy (non-hydrogen) atoms. The van der Waals surface area contributed by atoms with Crippen LogP contribution in [-0.2, 0) is 22.4 Å². The van der Waals surface area contributed by atoms with Crippen molar-refractivity contribution in [3.05, 3.63) is 34.5 Å². The molecule has 0 spiro atoms. The number of methoxy groups -OCH3 is 1. The fraction of sp³-hybridized carbons (Fsp3) is 0.500. The van der Waals surface area contributed by atoms with E-state index in [0.29, 0.717) is 17.1 Å². The van der Waals surface area contributed by atoms with Crippen LogP contribution < -0.4 is 10.2 Å². The van der Waals surface area contributed by atoms with Crippen molar-refractivity contribution in [3.63, 3.8) is 0 Å². The normalized spacial score (nSPS) is 16.9. The number of thiophene rings is 1. The fourth-order valence-corrected chi connectivity index (χ4v) is 5.20. The van der Waals surface area contributed by atoms with Gasteiger partial charge >= 0.3 is 5.97 Å². The molecule has 3 heterocycles. The van der Waals surface area contributed by atoms with Crippen LogP contribution in [0.3, 0.4) is 0 Å². The van der Waals surface area contributed by atoms with Crippen molar-refractivity contribution < 1.29 is 14.3 Å². The van der Waals surface area contributed by atoms with Crippen molar-refractivity contribution in [2.45, 2.75) is 25.7 Å². The molecule has 8 nitrogen and oxygen atoms in total. The number of fused-ring (bicyclic) bond motifs is 1. The molecule has 1 aliphatic heterocycles. The number of hydrogen-bond acceptors (Lipinski definition) is 8. The first-order valence-electron chi connectivity index (χ1n) is 9.92. The van der Waals surface area contributed by atoms with Gasteiger partial charge in [0.25, 0.3) is 0 Å². The quantitative estimate of drug-likeness (QED) is 0.747. The summed E-state index contributed by atoms with van der Waals surface area (Å²) < 4.78 is 4.98. The van der Waals surface area contributed by atoms with Gasteiger partial charge in [0.1, 0.15) is 5.00 Å². The summed E-state index contributed by atoms with van der Waals surface area (Å²) in [6.07, 6.45) is 7.50. The highest BCUT2D eigenvalue weighted by molar-refractivity contribution is 7.17. The number of ether oxygens (including phenoxy) is 1. The molecule has 0 aromatic carbocycles. The lowest BCUT2D eigenvalue weighted by atomic mass is 9.95. The summed E-state index contributed by atoms with van der Waals surface area (Å²) >= 11 is 1.52. The third-order valence-corrected chi connectivity index (χ3v) is 6.60. The Morgan fingerprint density at radius 2 is 1.86 bits per heavy atom. The number of esters is 1.